The van der Waals surface area contributed by atoms with Crippen LogP contribution < -0.4 is 20.1 Å². The summed E-state index contributed by atoms with van der Waals surface area (Å²) >= 11 is 3.51. The van der Waals surface area contributed by atoms with Crippen molar-refractivity contribution >= 4 is 45.9 Å². The highest BCUT2D eigenvalue weighted by Crippen LogP contribution is 2.39. The molecule has 26 heavy (non-hydrogen) atoms. The second-order valence-electron chi connectivity index (χ2n) is 5.46. The molecule has 1 aliphatic rings. The Hall–Kier alpha value is -1.56. The van der Waals surface area contributed by atoms with E-state index in [4.69, 9.17) is 9.47 Å². The number of fused-ring (bicyclic) bond motifs is 1. The lowest BCUT2D eigenvalue weighted by Gasteiger charge is -2.13. The molecule has 0 fully saturated rings. The molecule has 1 aromatic carbocycles. The fourth-order valence-electron chi connectivity index (χ4n) is 2.56. The second kappa shape index (κ2) is 9.95. The lowest BCUT2D eigenvalue weighted by molar-refractivity contribution is 0.173. The third-order valence-corrected chi connectivity index (χ3v) is 4.42. The van der Waals surface area contributed by atoms with Crippen LogP contribution in [0.25, 0.3) is 0 Å². The number of ether oxygens (including phenoxy) is 2. The molecular weight excluding hydrogens is 515 g/mol. The predicted octanol–water partition coefficient (Wildman–Crippen LogP) is 2.31. The van der Waals surface area contributed by atoms with E-state index in [0.717, 1.165) is 52.8 Å². The first-order valence-corrected chi connectivity index (χ1v) is 8.89. The Kier molecular flexibility index (Phi) is 7.94. The molecule has 0 saturated heterocycles. The van der Waals surface area contributed by atoms with Gasteiger partial charge in [-0.15, -0.1) is 34.2 Å². The maximum atomic E-state index is 5.44. The molecule has 0 amide bonds. The Balaban J connectivity index is 0.00000243. The number of nitrogens with zero attached hydrogens (tertiary/aromatic N) is 4. The fraction of sp³-hybridized carbons (Fsp3) is 0.438. The summed E-state index contributed by atoms with van der Waals surface area (Å²) in [6.07, 6.45) is 2.62. The van der Waals surface area contributed by atoms with Crippen molar-refractivity contribution in [3.63, 3.8) is 0 Å². The summed E-state index contributed by atoms with van der Waals surface area (Å²) in [7, 11) is 1.75. The predicted molar refractivity (Wildman–Crippen MR) is 113 cm³/mol. The molecule has 2 N–H and O–H groups in total. The van der Waals surface area contributed by atoms with Crippen molar-refractivity contribution < 1.29 is 9.47 Å². The van der Waals surface area contributed by atoms with Crippen molar-refractivity contribution in [2.45, 2.75) is 26.4 Å². The zero-order valence-electron chi connectivity index (χ0n) is 14.7. The zero-order valence-corrected chi connectivity index (χ0v) is 18.6. The van der Waals surface area contributed by atoms with Crippen LogP contribution in [0.2, 0.25) is 0 Å². The van der Waals surface area contributed by atoms with Gasteiger partial charge in [0.1, 0.15) is 12.2 Å². The first-order valence-electron chi connectivity index (χ1n) is 8.10. The van der Waals surface area contributed by atoms with Crippen LogP contribution in [0.5, 0.6) is 11.5 Å². The molecule has 8 nitrogen and oxygen atoms in total. The normalized spacial score (nSPS) is 12.7. The monoisotopic (exact) mass is 536 g/mol. The molecule has 0 aliphatic carbocycles. The number of aryl methyl sites for hydroxylation is 1. The van der Waals surface area contributed by atoms with E-state index in [1.54, 1.807) is 13.4 Å². The fourth-order valence-corrected chi connectivity index (χ4v) is 3.17. The van der Waals surface area contributed by atoms with Crippen LogP contribution >= 0.6 is 39.9 Å². The Morgan fingerprint density at radius 1 is 1.35 bits per heavy atom. The zero-order chi connectivity index (χ0) is 17.6. The van der Waals surface area contributed by atoms with Gasteiger partial charge in [0.15, 0.2) is 17.5 Å². The summed E-state index contributed by atoms with van der Waals surface area (Å²) < 4.78 is 13.8. The maximum absolute atomic E-state index is 5.44. The summed E-state index contributed by atoms with van der Waals surface area (Å²) in [6.45, 7) is 4.47. The summed E-state index contributed by atoms with van der Waals surface area (Å²) in [5.74, 6) is 3.23. The van der Waals surface area contributed by atoms with Crippen LogP contribution in [0, 0.1) is 0 Å². The minimum Gasteiger partial charge on any atom is -0.454 e. The van der Waals surface area contributed by atoms with Crippen molar-refractivity contribution in [1.29, 1.82) is 0 Å². The molecule has 0 bridgehead atoms. The molecule has 142 valence electrons. The number of halogens is 2. The van der Waals surface area contributed by atoms with E-state index in [2.05, 4.69) is 48.7 Å². The number of guanidine groups is 1. The van der Waals surface area contributed by atoms with Gasteiger partial charge in [-0.05, 0) is 33.6 Å². The Morgan fingerprint density at radius 2 is 2.19 bits per heavy atom. The van der Waals surface area contributed by atoms with Gasteiger partial charge in [0.2, 0.25) is 6.79 Å². The highest BCUT2D eigenvalue weighted by Gasteiger charge is 2.17. The highest BCUT2D eigenvalue weighted by molar-refractivity contribution is 14.0. The summed E-state index contributed by atoms with van der Waals surface area (Å²) in [5.41, 5.74) is 1.08. The minimum atomic E-state index is 0. The molecule has 10 heteroatoms. The first-order chi connectivity index (χ1) is 12.2. The van der Waals surface area contributed by atoms with Crippen LogP contribution in [-0.4, -0.2) is 41.1 Å². The van der Waals surface area contributed by atoms with E-state index >= 15 is 0 Å². The second-order valence-corrected chi connectivity index (χ2v) is 6.31. The molecule has 0 saturated carbocycles. The van der Waals surface area contributed by atoms with Crippen molar-refractivity contribution in [2.75, 3.05) is 20.4 Å². The topological polar surface area (TPSA) is 85.6 Å². The average molecular weight is 537 g/mol. The minimum absolute atomic E-state index is 0. The molecular formula is C16H22BrIN6O2. The first kappa shape index (κ1) is 20.7. The van der Waals surface area contributed by atoms with Crippen LogP contribution in [-0.2, 0) is 19.5 Å². The average Bonchev–Trinajstić information content (AvgIpc) is 3.26. The molecule has 0 spiro atoms. The number of hydrogen-bond acceptors (Lipinski definition) is 5. The number of benzene rings is 1. The number of hydrogen-bond donors (Lipinski definition) is 2. The van der Waals surface area contributed by atoms with Crippen LogP contribution in [0.4, 0.5) is 0 Å². The molecule has 3 rings (SSSR count). The van der Waals surface area contributed by atoms with E-state index in [-0.39, 0.29) is 30.8 Å². The van der Waals surface area contributed by atoms with Gasteiger partial charge in [-0.25, -0.2) is 0 Å². The molecule has 2 aromatic rings. The summed E-state index contributed by atoms with van der Waals surface area (Å²) in [6, 6.07) is 3.98. The molecule has 0 radical (unpaired) electrons. The Morgan fingerprint density at radius 3 is 2.96 bits per heavy atom. The number of nitrogens with one attached hydrogen (secondary N) is 2. The Bertz CT molecular complexity index is 767. The molecule has 1 aromatic heterocycles. The van der Waals surface area contributed by atoms with Crippen molar-refractivity contribution in [1.82, 2.24) is 25.4 Å². The van der Waals surface area contributed by atoms with Gasteiger partial charge in [0, 0.05) is 33.1 Å². The van der Waals surface area contributed by atoms with Crippen molar-refractivity contribution in [2.24, 2.45) is 4.99 Å². The lowest BCUT2D eigenvalue weighted by Crippen LogP contribution is -2.38. The Labute approximate surface area is 177 Å². The van der Waals surface area contributed by atoms with E-state index < -0.39 is 0 Å². The highest BCUT2D eigenvalue weighted by atomic mass is 127. The van der Waals surface area contributed by atoms with Crippen molar-refractivity contribution in [3.8, 4) is 11.5 Å². The van der Waals surface area contributed by atoms with Gasteiger partial charge < -0.3 is 24.7 Å². The third-order valence-electron chi connectivity index (χ3n) is 3.83. The van der Waals surface area contributed by atoms with E-state index in [1.165, 1.54) is 0 Å². The standard InChI is InChI=1S/C16H21BrN6O2.HI/c1-3-14-22-21-9-23(14)5-4-19-16(18-2)20-8-11-6-12(17)15-13(7-11)24-10-25-15;/h6-7,9H,3-5,8,10H2,1-2H3,(H2,18,19,20);1H. The van der Waals surface area contributed by atoms with Crippen LogP contribution in [0.1, 0.15) is 18.3 Å². The van der Waals surface area contributed by atoms with Gasteiger partial charge >= 0.3 is 0 Å². The summed E-state index contributed by atoms with van der Waals surface area (Å²) in [4.78, 5) is 4.25. The largest absolute Gasteiger partial charge is 0.454 e. The summed E-state index contributed by atoms with van der Waals surface area (Å²) in [5, 5.41) is 14.6. The number of aromatic nitrogens is 3. The van der Waals surface area contributed by atoms with Crippen LogP contribution in [0.15, 0.2) is 27.9 Å². The lowest BCUT2D eigenvalue weighted by atomic mass is 10.2. The van der Waals surface area contributed by atoms with Crippen LogP contribution in [0.3, 0.4) is 0 Å². The van der Waals surface area contributed by atoms with E-state index in [1.807, 2.05) is 16.7 Å². The quantitative estimate of drug-likeness (QED) is 0.335. The van der Waals surface area contributed by atoms with E-state index in [9.17, 15) is 0 Å². The third kappa shape index (κ3) is 5.00. The van der Waals surface area contributed by atoms with Gasteiger partial charge in [-0.2, -0.15) is 0 Å². The van der Waals surface area contributed by atoms with Gasteiger partial charge in [-0.3, -0.25) is 4.99 Å². The smallest absolute Gasteiger partial charge is 0.231 e. The van der Waals surface area contributed by atoms with Crippen molar-refractivity contribution in [3.05, 3.63) is 34.3 Å². The van der Waals surface area contributed by atoms with Gasteiger partial charge in [0.05, 0.1) is 4.47 Å². The van der Waals surface area contributed by atoms with Gasteiger partial charge in [-0.1, -0.05) is 6.92 Å². The number of rotatable bonds is 6. The molecule has 1 aliphatic heterocycles. The molecule has 0 atom stereocenters. The van der Waals surface area contributed by atoms with Gasteiger partial charge in [0.25, 0.3) is 0 Å². The SMILES string of the molecule is CCc1nncn1CCNC(=NC)NCc1cc(Br)c2c(c1)OCO2.I. The maximum Gasteiger partial charge on any atom is 0.231 e. The molecule has 0 unspecified atom stereocenters. The van der Waals surface area contributed by atoms with E-state index in [0.29, 0.717) is 6.54 Å². The number of aliphatic imine (C=N–C) groups is 1. The molecule has 2 heterocycles.